The second kappa shape index (κ2) is 10.7. The van der Waals surface area contributed by atoms with Crippen LogP contribution in [0.4, 0.5) is 0 Å². The van der Waals surface area contributed by atoms with Crippen LogP contribution in [0.5, 0.6) is 0 Å². The summed E-state index contributed by atoms with van der Waals surface area (Å²) in [6, 6.07) is 0. The fourth-order valence-electron chi connectivity index (χ4n) is 1.10. The molecule has 0 saturated heterocycles. The van der Waals surface area contributed by atoms with E-state index in [0.717, 1.165) is 0 Å². The molecule has 0 aromatic heterocycles. The topological polar surface area (TPSA) is 80.3 Å². The van der Waals surface area contributed by atoms with Crippen molar-refractivity contribution in [2.45, 2.75) is 83.1 Å². The van der Waals surface area contributed by atoms with Gasteiger partial charge in [-0.25, -0.2) is 0 Å². The number of allylic oxidation sites excluding steroid dienone is 4. The van der Waals surface area contributed by atoms with Gasteiger partial charge in [0.25, 0.3) is 0 Å². The Morgan fingerprint density at radius 2 is 0.704 bits per heavy atom. The quantitative estimate of drug-likeness (QED) is 0.411. The van der Waals surface area contributed by atoms with Crippen LogP contribution in [-0.4, -0.2) is 34.6 Å². The third-order valence-electron chi connectivity index (χ3n) is 3.48. The Kier molecular flexibility index (Phi) is 12.2. The fourth-order valence-corrected chi connectivity index (χ4v) is 1.10. The van der Waals surface area contributed by atoms with Crippen LogP contribution in [0.15, 0.2) is 23.7 Å². The first-order valence-corrected chi connectivity index (χ1v) is 8.97. The first-order valence-electron chi connectivity index (χ1n) is 8.97. The van der Waals surface area contributed by atoms with Gasteiger partial charge in [-0.05, 0) is 23.0 Å². The van der Waals surface area contributed by atoms with Gasteiger partial charge in [0.15, 0.2) is 11.6 Å². The maximum Gasteiger partial charge on any atom is 2.00 e. The van der Waals surface area contributed by atoms with Crippen molar-refractivity contribution in [3.05, 3.63) is 23.7 Å². The van der Waals surface area contributed by atoms with Crippen LogP contribution in [0.3, 0.4) is 0 Å². The summed E-state index contributed by atoms with van der Waals surface area (Å²) in [6.45, 7) is 21.7. The molecule has 0 aliphatic carbocycles. The number of ketones is 2. The van der Waals surface area contributed by atoms with Gasteiger partial charge < -0.3 is 10.2 Å². The Bertz CT molecular complexity index is 505. The summed E-state index contributed by atoms with van der Waals surface area (Å²) in [6.07, 6.45) is 2.44. The van der Waals surface area contributed by atoms with Gasteiger partial charge in [-0.15, -0.1) is 11.5 Å². The average Bonchev–Trinajstić information content (AvgIpc) is 2.34. The summed E-state index contributed by atoms with van der Waals surface area (Å²) in [7, 11) is 0. The minimum atomic E-state index is -0.457. The Morgan fingerprint density at radius 1 is 0.519 bits per heavy atom. The molecule has 152 valence electrons. The van der Waals surface area contributed by atoms with Crippen LogP contribution < -0.4 is 10.2 Å². The van der Waals surface area contributed by atoms with E-state index >= 15 is 0 Å². The molecule has 0 amide bonds. The second-order valence-corrected chi connectivity index (χ2v) is 10.7. The van der Waals surface area contributed by atoms with E-state index in [2.05, 4.69) is 0 Å². The zero-order valence-electron chi connectivity index (χ0n) is 19.5. The van der Waals surface area contributed by atoms with Crippen LogP contribution in [0.2, 0.25) is 0 Å². The van der Waals surface area contributed by atoms with E-state index in [9.17, 15) is 19.8 Å². The molecule has 0 aromatic carbocycles. The summed E-state index contributed by atoms with van der Waals surface area (Å²) in [5.41, 5.74) is -1.83. The molecule has 0 spiro atoms. The van der Waals surface area contributed by atoms with E-state index in [1.165, 1.54) is 12.2 Å². The van der Waals surface area contributed by atoms with E-state index in [1.807, 2.05) is 83.1 Å². The second-order valence-electron chi connectivity index (χ2n) is 10.7. The van der Waals surface area contributed by atoms with Crippen LogP contribution in [0.25, 0.3) is 0 Å². The SMILES string of the molecule is CC(C)(C)C(=O)C=C([O-])C(C)(C)C.CC(C)(C)C(=O)C=C([O-])C(C)(C)C.[Mg+2]. The minimum Gasteiger partial charge on any atom is -0.875 e. The average molecular weight is 391 g/mol. The van der Waals surface area contributed by atoms with Crippen molar-refractivity contribution in [3.63, 3.8) is 0 Å². The Hall–Kier alpha value is -0.814. The zero-order chi connectivity index (χ0) is 21.7. The molecule has 5 heteroatoms. The van der Waals surface area contributed by atoms with Gasteiger partial charge in [0, 0.05) is 10.8 Å². The Morgan fingerprint density at radius 3 is 0.815 bits per heavy atom. The van der Waals surface area contributed by atoms with E-state index in [1.54, 1.807) is 0 Å². The van der Waals surface area contributed by atoms with Crippen LogP contribution in [0, 0.1) is 21.7 Å². The molecule has 0 unspecified atom stereocenters. The molecule has 27 heavy (non-hydrogen) atoms. The molecule has 0 aliphatic heterocycles. The zero-order valence-corrected chi connectivity index (χ0v) is 20.9. The maximum absolute atomic E-state index is 11.4. The summed E-state index contributed by atoms with van der Waals surface area (Å²) in [5.74, 6) is -0.417. The molecule has 0 saturated carbocycles. The molecule has 0 rings (SSSR count). The summed E-state index contributed by atoms with van der Waals surface area (Å²) in [5, 5.41) is 22.9. The predicted octanol–water partition coefficient (Wildman–Crippen LogP) is 3.40. The Labute approximate surface area is 182 Å². The summed E-state index contributed by atoms with van der Waals surface area (Å²) in [4.78, 5) is 22.9. The largest absolute Gasteiger partial charge is 2.00 e. The van der Waals surface area contributed by atoms with Crippen molar-refractivity contribution in [1.29, 1.82) is 0 Å². The number of carbonyl (C=O) groups is 2. The standard InChI is InChI=1S/2C11H20O2.Mg/c2*1-10(2,3)8(12)7-9(13)11(4,5)6;/h2*7,12H,1-6H3;/q;;+2/p-2. The third kappa shape index (κ3) is 13.9. The minimum absolute atomic E-state index is 0. The molecule has 0 bridgehead atoms. The molecule has 0 radical (unpaired) electrons. The van der Waals surface area contributed by atoms with Crippen molar-refractivity contribution in [2.24, 2.45) is 21.7 Å². The maximum atomic E-state index is 11.4. The first kappa shape index (κ1) is 30.9. The summed E-state index contributed by atoms with van der Waals surface area (Å²) < 4.78 is 0. The van der Waals surface area contributed by atoms with Crippen molar-refractivity contribution < 1.29 is 19.8 Å². The molecule has 0 N–H and O–H groups in total. The molecular formula is C22H38MgO4. The molecule has 0 fully saturated rings. The van der Waals surface area contributed by atoms with Gasteiger partial charge in [0.1, 0.15) is 0 Å². The van der Waals surface area contributed by atoms with Gasteiger partial charge in [0.05, 0.1) is 0 Å². The molecule has 4 nitrogen and oxygen atoms in total. The molecule has 0 atom stereocenters. The smallest absolute Gasteiger partial charge is 0.875 e. The fraction of sp³-hybridized carbons (Fsp3) is 0.727. The van der Waals surface area contributed by atoms with E-state index in [0.29, 0.717) is 0 Å². The Balaban J connectivity index is -0.000000411. The molecular weight excluding hydrogens is 353 g/mol. The van der Waals surface area contributed by atoms with Crippen molar-refractivity contribution in [1.82, 2.24) is 0 Å². The van der Waals surface area contributed by atoms with Crippen LogP contribution >= 0.6 is 0 Å². The van der Waals surface area contributed by atoms with Gasteiger partial charge in [-0.3, -0.25) is 9.59 Å². The van der Waals surface area contributed by atoms with Crippen molar-refractivity contribution in [3.8, 4) is 0 Å². The number of hydrogen-bond donors (Lipinski definition) is 0. The normalized spacial score (nSPS) is 13.9. The number of hydrogen-bond acceptors (Lipinski definition) is 4. The summed E-state index contributed by atoms with van der Waals surface area (Å²) >= 11 is 0. The van der Waals surface area contributed by atoms with Crippen LogP contribution in [0.1, 0.15) is 83.1 Å². The molecule has 0 aromatic rings. The van der Waals surface area contributed by atoms with Crippen LogP contribution in [-0.2, 0) is 9.59 Å². The van der Waals surface area contributed by atoms with Gasteiger partial charge in [-0.2, -0.15) is 0 Å². The predicted molar refractivity (Wildman–Crippen MR) is 110 cm³/mol. The monoisotopic (exact) mass is 390 g/mol. The third-order valence-corrected chi connectivity index (χ3v) is 3.48. The van der Waals surface area contributed by atoms with E-state index in [4.69, 9.17) is 0 Å². The molecule has 0 heterocycles. The number of carbonyl (C=O) groups excluding carboxylic acids is 2. The van der Waals surface area contributed by atoms with Crippen molar-refractivity contribution in [2.75, 3.05) is 0 Å². The van der Waals surface area contributed by atoms with E-state index < -0.39 is 21.7 Å². The van der Waals surface area contributed by atoms with Crippen molar-refractivity contribution >= 4 is 34.6 Å². The van der Waals surface area contributed by atoms with Gasteiger partial charge >= 0.3 is 23.1 Å². The van der Waals surface area contributed by atoms with Gasteiger partial charge in [-0.1, -0.05) is 83.1 Å². The first-order chi connectivity index (χ1) is 11.1. The van der Waals surface area contributed by atoms with Gasteiger partial charge in [0.2, 0.25) is 0 Å². The molecule has 0 aliphatic rings. The van der Waals surface area contributed by atoms with E-state index in [-0.39, 0.29) is 46.1 Å². The number of rotatable bonds is 2.